The summed E-state index contributed by atoms with van der Waals surface area (Å²) in [6, 6.07) is 19.7. The van der Waals surface area contributed by atoms with Crippen LogP contribution in [0.5, 0.6) is 0 Å². The van der Waals surface area contributed by atoms with Crippen LogP contribution in [0.1, 0.15) is 43.2 Å². The summed E-state index contributed by atoms with van der Waals surface area (Å²) in [5.41, 5.74) is 2.21. The minimum absolute atomic E-state index is 0.0670. The van der Waals surface area contributed by atoms with Gasteiger partial charge in [0.05, 0.1) is 0 Å². The summed E-state index contributed by atoms with van der Waals surface area (Å²) in [7, 11) is 0. The molecule has 2 N–H and O–H groups in total. The highest BCUT2D eigenvalue weighted by Crippen LogP contribution is 2.05. The van der Waals surface area contributed by atoms with Gasteiger partial charge in [0.25, 0.3) is 0 Å². The van der Waals surface area contributed by atoms with Crippen LogP contribution in [0.2, 0.25) is 0 Å². The predicted octanol–water partition coefficient (Wildman–Crippen LogP) is 3.57. The van der Waals surface area contributed by atoms with E-state index in [0.717, 1.165) is 30.4 Å². The zero-order valence-electron chi connectivity index (χ0n) is 14.5. The van der Waals surface area contributed by atoms with E-state index in [9.17, 15) is 9.59 Å². The van der Waals surface area contributed by atoms with E-state index in [0.29, 0.717) is 25.9 Å². The van der Waals surface area contributed by atoms with Gasteiger partial charge in [-0.2, -0.15) is 0 Å². The third kappa shape index (κ3) is 8.15. The number of amides is 2. The van der Waals surface area contributed by atoms with E-state index in [2.05, 4.69) is 10.6 Å². The quantitative estimate of drug-likeness (QED) is 0.651. The minimum atomic E-state index is 0.0670. The van der Waals surface area contributed by atoms with Gasteiger partial charge in [0, 0.05) is 25.9 Å². The SMILES string of the molecule is O=C(CCCCCC(=O)NCc1ccccc1)NCc1ccccc1. The lowest BCUT2D eigenvalue weighted by Gasteiger charge is -2.06. The molecule has 132 valence electrons. The smallest absolute Gasteiger partial charge is 0.220 e. The van der Waals surface area contributed by atoms with Crippen molar-refractivity contribution in [1.82, 2.24) is 10.6 Å². The number of benzene rings is 2. The Morgan fingerprint density at radius 1 is 0.600 bits per heavy atom. The van der Waals surface area contributed by atoms with Gasteiger partial charge < -0.3 is 10.6 Å². The molecule has 0 bridgehead atoms. The standard InChI is InChI=1S/C21H26N2O2/c24-20(22-16-18-10-4-1-5-11-18)14-8-3-9-15-21(25)23-17-19-12-6-2-7-13-19/h1-2,4-7,10-13H,3,8-9,14-17H2,(H,22,24)(H,23,25). The van der Waals surface area contributed by atoms with Crippen molar-refractivity contribution in [1.29, 1.82) is 0 Å². The van der Waals surface area contributed by atoms with Crippen LogP contribution in [0.25, 0.3) is 0 Å². The molecule has 4 nitrogen and oxygen atoms in total. The first-order valence-corrected chi connectivity index (χ1v) is 8.85. The monoisotopic (exact) mass is 338 g/mol. The van der Waals surface area contributed by atoms with E-state index in [4.69, 9.17) is 0 Å². The van der Waals surface area contributed by atoms with Gasteiger partial charge in [0.2, 0.25) is 11.8 Å². The number of unbranched alkanes of at least 4 members (excludes halogenated alkanes) is 2. The molecule has 0 radical (unpaired) electrons. The van der Waals surface area contributed by atoms with Gasteiger partial charge in [0.15, 0.2) is 0 Å². The highest BCUT2D eigenvalue weighted by molar-refractivity contribution is 5.76. The summed E-state index contributed by atoms with van der Waals surface area (Å²) < 4.78 is 0. The average molecular weight is 338 g/mol. The second kappa shape index (κ2) is 11.0. The second-order valence-corrected chi connectivity index (χ2v) is 6.09. The number of carbonyl (C=O) groups excluding carboxylic acids is 2. The molecule has 2 aromatic rings. The van der Waals surface area contributed by atoms with Crippen LogP contribution in [0.4, 0.5) is 0 Å². The molecule has 0 fully saturated rings. The second-order valence-electron chi connectivity index (χ2n) is 6.09. The predicted molar refractivity (Wildman–Crippen MR) is 99.7 cm³/mol. The fourth-order valence-corrected chi connectivity index (χ4v) is 2.52. The molecule has 0 unspecified atom stereocenters. The molecule has 0 heterocycles. The van der Waals surface area contributed by atoms with Gasteiger partial charge in [-0.15, -0.1) is 0 Å². The molecule has 0 saturated heterocycles. The van der Waals surface area contributed by atoms with Crippen LogP contribution < -0.4 is 10.6 Å². The van der Waals surface area contributed by atoms with E-state index in [1.54, 1.807) is 0 Å². The topological polar surface area (TPSA) is 58.2 Å². The summed E-state index contributed by atoms with van der Waals surface area (Å²) >= 11 is 0. The molecule has 0 aliphatic carbocycles. The highest BCUT2D eigenvalue weighted by atomic mass is 16.2. The largest absolute Gasteiger partial charge is 0.352 e. The first-order valence-electron chi connectivity index (χ1n) is 8.85. The van der Waals surface area contributed by atoms with Gasteiger partial charge in [-0.25, -0.2) is 0 Å². The van der Waals surface area contributed by atoms with Crippen molar-refractivity contribution in [3.63, 3.8) is 0 Å². The van der Waals surface area contributed by atoms with Crippen molar-refractivity contribution in [2.45, 2.75) is 45.2 Å². The van der Waals surface area contributed by atoms with Crippen LogP contribution in [0.3, 0.4) is 0 Å². The molecule has 0 spiro atoms. The van der Waals surface area contributed by atoms with Gasteiger partial charge in [-0.05, 0) is 24.0 Å². The maximum Gasteiger partial charge on any atom is 0.220 e. The van der Waals surface area contributed by atoms with Gasteiger partial charge >= 0.3 is 0 Å². The summed E-state index contributed by atoms with van der Waals surface area (Å²) in [6.07, 6.45) is 3.54. The van der Waals surface area contributed by atoms with Crippen LogP contribution in [0, 0.1) is 0 Å². The number of hydrogen-bond acceptors (Lipinski definition) is 2. The zero-order valence-corrected chi connectivity index (χ0v) is 14.5. The summed E-state index contributed by atoms with van der Waals surface area (Å²) in [5, 5.41) is 5.84. The van der Waals surface area contributed by atoms with Crippen LogP contribution in [-0.2, 0) is 22.7 Å². The molecule has 0 aliphatic rings. The number of carbonyl (C=O) groups is 2. The van der Waals surface area contributed by atoms with E-state index in [1.165, 1.54) is 0 Å². The Morgan fingerprint density at radius 3 is 1.40 bits per heavy atom. The third-order valence-corrected chi connectivity index (χ3v) is 3.97. The van der Waals surface area contributed by atoms with Crippen molar-refractivity contribution in [3.8, 4) is 0 Å². The lowest BCUT2D eigenvalue weighted by molar-refractivity contribution is -0.121. The first-order chi connectivity index (χ1) is 12.2. The van der Waals surface area contributed by atoms with Gasteiger partial charge in [0.1, 0.15) is 0 Å². The average Bonchev–Trinajstić information content (AvgIpc) is 2.66. The maximum absolute atomic E-state index is 11.8. The van der Waals surface area contributed by atoms with Crippen LogP contribution in [-0.4, -0.2) is 11.8 Å². The van der Waals surface area contributed by atoms with Gasteiger partial charge in [-0.1, -0.05) is 67.1 Å². The molecule has 0 aromatic heterocycles. The molecule has 2 aromatic carbocycles. The molecule has 2 amide bonds. The molecular formula is C21H26N2O2. The van der Waals surface area contributed by atoms with Crippen molar-refractivity contribution in [2.24, 2.45) is 0 Å². The van der Waals surface area contributed by atoms with E-state index >= 15 is 0 Å². The first kappa shape index (κ1) is 18.7. The third-order valence-electron chi connectivity index (χ3n) is 3.97. The van der Waals surface area contributed by atoms with E-state index in [1.807, 2.05) is 60.7 Å². The molecule has 25 heavy (non-hydrogen) atoms. The Hall–Kier alpha value is -2.62. The summed E-state index contributed by atoms with van der Waals surface area (Å²) in [4.78, 5) is 23.6. The fourth-order valence-electron chi connectivity index (χ4n) is 2.52. The summed E-state index contributed by atoms with van der Waals surface area (Å²) in [5.74, 6) is 0.134. The van der Waals surface area contributed by atoms with Crippen molar-refractivity contribution >= 4 is 11.8 Å². The number of nitrogens with one attached hydrogen (secondary N) is 2. The van der Waals surface area contributed by atoms with Crippen molar-refractivity contribution < 1.29 is 9.59 Å². The van der Waals surface area contributed by atoms with Crippen LogP contribution >= 0.6 is 0 Å². The molecule has 0 saturated carbocycles. The zero-order chi connectivity index (χ0) is 17.7. The molecular weight excluding hydrogens is 312 g/mol. The number of hydrogen-bond donors (Lipinski definition) is 2. The Kier molecular flexibility index (Phi) is 8.25. The lowest BCUT2D eigenvalue weighted by Crippen LogP contribution is -2.23. The Bertz CT molecular complexity index is 584. The Morgan fingerprint density at radius 2 is 1.00 bits per heavy atom. The van der Waals surface area contributed by atoms with Crippen LogP contribution in [0.15, 0.2) is 60.7 Å². The Balaban J connectivity index is 1.48. The van der Waals surface area contributed by atoms with E-state index < -0.39 is 0 Å². The number of rotatable bonds is 10. The van der Waals surface area contributed by atoms with E-state index in [-0.39, 0.29) is 11.8 Å². The van der Waals surface area contributed by atoms with Crippen molar-refractivity contribution in [3.05, 3.63) is 71.8 Å². The lowest BCUT2D eigenvalue weighted by atomic mass is 10.1. The Labute approximate surface area is 149 Å². The molecule has 4 heteroatoms. The van der Waals surface area contributed by atoms with Gasteiger partial charge in [-0.3, -0.25) is 9.59 Å². The molecule has 0 atom stereocenters. The molecule has 0 aliphatic heterocycles. The normalized spacial score (nSPS) is 10.2. The summed E-state index contributed by atoms with van der Waals surface area (Å²) in [6.45, 7) is 1.14. The molecule has 2 rings (SSSR count). The minimum Gasteiger partial charge on any atom is -0.352 e. The fraction of sp³-hybridized carbons (Fsp3) is 0.333. The maximum atomic E-state index is 11.8. The van der Waals surface area contributed by atoms with Crippen molar-refractivity contribution in [2.75, 3.05) is 0 Å². The highest BCUT2D eigenvalue weighted by Gasteiger charge is 2.04.